The third-order valence-corrected chi connectivity index (χ3v) is 4.65. The van der Waals surface area contributed by atoms with E-state index in [1.807, 2.05) is 38.4 Å². The topological polar surface area (TPSA) is 79.3 Å². The molecule has 5 nitrogen and oxygen atoms in total. The van der Waals surface area contributed by atoms with Gasteiger partial charge in [0.2, 0.25) is 0 Å². The van der Waals surface area contributed by atoms with Gasteiger partial charge in [-0.3, -0.25) is 10.2 Å². The van der Waals surface area contributed by atoms with Crippen molar-refractivity contribution in [1.29, 1.82) is 5.41 Å². The Morgan fingerprint density at radius 2 is 1.68 bits per heavy atom. The van der Waals surface area contributed by atoms with Crippen LogP contribution >= 0.6 is 0 Å². The highest BCUT2D eigenvalue weighted by Gasteiger charge is 2.19. The lowest BCUT2D eigenvalue weighted by atomic mass is 9.73. The van der Waals surface area contributed by atoms with Crippen LogP contribution in [0.5, 0.6) is 0 Å². The SMILES string of the molecule is C[B]c1ccc(C(=N)C(=O)N[C@H](CCCC)c2ccc(C(=O)OC)cc2)cc1. The Morgan fingerprint density at radius 3 is 2.21 bits per heavy atom. The van der Waals surface area contributed by atoms with Crippen LogP contribution in [0, 0.1) is 5.41 Å². The molecule has 0 unspecified atom stereocenters. The van der Waals surface area contributed by atoms with E-state index in [-0.39, 0.29) is 11.8 Å². The van der Waals surface area contributed by atoms with Crippen molar-refractivity contribution in [2.45, 2.75) is 39.1 Å². The van der Waals surface area contributed by atoms with Crippen molar-refractivity contribution in [1.82, 2.24) is 5.32 Å². The first-order valence-electron chi connectivity index (χ1n) is 9.47. The molecule has 6 heteroatoms. The molecule has 0 fully saturated rings. The first kappa shape index (κ1) is 21.4. The van der Waals surface area contributed by atoms with Gasteiger partial charge in [-0.25, -0.2) is 4.79 Å². The van der Waals surface area contributed by atoms with E-state index < -0.39 is 11.9 Å². The van der Waals surface area contributed by atoms with Crippen molar-refractivity contribution in [2.24, 2.45) is 0 Å². The van der Waals surface area contributed by atoms with E-state index in [4.69, 9.17) is 10.1 Å². The van der Waals surface area contributed by atoms with E-state index in [9.17, 15) is 9.59 Å². The van der Waals surface area contributed by atoms with Gasteiger partial charge in [-0.1, -0.05) is 68.4 Å². The number of nitrogens with one attached hydrogen (secondary N) is 2. The summed E-state index contributed by atoms with van der Waals surface area (Å²) in [5.41, 5.74) is 2.93. The highest BCUT2D eigenvalue weighted by molar-refractivity contribution is 6.52. The fourth-order valence-electron chi connectivity index (χ4n) is 2.90. The number of methoxy groups -OCH3 is 1. The van der Waals surface area contributed by atoms with E-state index >= 15 is 0 Å². The molecule has 2 rings (SSSR count). The monoisotopic (exact) mass is 377 g/mol. The molecule has 1 atom stereocenters. The third kappa shape index (κ3) is 5.55. The van der Waals surface area contributed by atoms with Crippen LogP contribution in [-0.4, -0.2) is 32.0 Å². The number of amides is 1. The lowest BCUT2D eigenvalue weighted by Crippen LogP contribution is -2.34. The second kappa shape index (κ2) is 10.4. The largest absolute Gasteiger partial charge is 0.465 e. The van der Waals surface area contributed by atoms with Crippen LogP contribution in [0.3, 0.4) is 0 Å². The number of hydrogen-bond acceptors (Lipinski definition) is 4. The Labute approximate surface area is 167 Å². The summed E-state index contributed by atoms with van der Waals surface area (Å²) in [4.78, 5) is 24.3. The molecule has 0 spiro atoms. The number of esters is 1. The first-order chi connectivity index (χ1) is 13.5. The molecule has 28 heavy (non-hydrogen) atoms. The van der Waals surface area contributed by atoms with E-state index in [2.05, 4.69) is 12.2 Å². The van der Waals surface area contributed by atoms with Gasteiger partial charge in [0.25, 0.3) is 5.91 Å². The molecule has 0 aliphatic rings. The van der Waals surface area contributed by atoms with E-state index in [1.165, 1.54) is 7.11 Å². The average Bonchev–Trinajstić information content (AvgIpc) is 2.75. The van der Waals surface area contributed by atoms with Crippen molar-refractivity contribution >= 4 is 30.3 Å². The van der Waals surface area contributed by atoms with Gasteiger partial charge < -0.3 is 10.1 Å². The van der Waals surface area contributed by atoms with Gasteiger partial charge in [0.05, 0.1) is 18.7 Å². The lowest BCUT2D eigenvalue weighted by Gasteiger charge is -2.20. The van der Waals surface area contributed by atoms with Gasteiger partial charge in [0.1, 0.15) is 13.0 Å². The van der Waals surface area contributed by atoms with Crippen molar-refractivity contribution in [3.8, 4) is 0 Å². The highest BCUT2D eigenvalue weighted by atomic mass is 16.5. The molecule has 0 saturated heterocycles. The van der Waals surface area contributed by atoms with Gasteiger partial charge in [-0.05, 0) is 24.1 Å². The number of ether oxygens (including phenoxy) is 1. The minimum absolute atomic E-state index is 0.0599. The number of hydrogen-bond donors (Lipinski definition) is 2. The summed E-state index contributed by atoms with van der Waals surface area (Å²) in [6, 6.07) is 14.1. The zero-order valence-corrected chi connectivity index (χ0v) is 16.6. The maximum Gasteiger partial charge on any atom is 0.337 e. The predicted molar refractivity (Wildman–Crippen MR) is 113 cm³/mol. The summed E-state index contributed by atoms with van der Waals surface area (Å²) in [6.45, 7) is 4.03. The molecule has 0 aliphatic heterocycles. The molecule has 0 aliphatic carbocycles. The minimum atomic E-state index is -0.411. The first-order valence-corrected chi connectivity index (χ1v) is 9.47. The van der Waals surface area contributed by atoms with Crippen molar-refractivity contribution in [3.63, 3.8) is 0 Å². The molecule has 2 aromatic rings. The maximum atomic E-state index is 12.6. The van der Waals surface area contributed by atoms with E-state index in [0.717, 1.165) is 30.3 Å². The summed E-state index contributed by atoms with van der Waals surface area (Å²) in [7, 11) is 3.31. The predicted octanol–water partition coefficient (Wildman–Crippen LogP) is 3.27. The number of benzene rings is 2. The molecule has 2 N–H and O–H groups in total. The number of carbonyl (C=O) groups is 2. The number of carbonyl (C=O) groups excluding carboxylic acids is 2. The Kier molecular flexibility index (Phi) is 7.99. The summed E-state index contributed by atoms with van der Waals surface area (Å²) in [5.74, 6) is -0.804. The smallest absolute Gasteiger partial charge is 0.337 e. The molecule has 0 bridgehead atoms. The summed E-state index contributed by atoms with van der Waals surface area (Å²) in [5, 5.41) is 11.2. The average molecular weight is 377 g/mol. The number of unbranched alkanes of at least 4 members (excludes halogenated alkanes) is 1. The molecule has 2 aromatic carbocycles. The van der Waals surface area contributed by atoms with Crippen molar-refractivity contribution in [2.75, 3.05) is 7.11 Å². The molecule has 1 radical (unpaired) electrons. The Morgan fingerprint density at radius 1 is 1.07 bits per heavy atom. The fraction of sp³-hybridized carbons (Fsp3) is 0.318. The van der Waals surface area contributed by atoms with Gasteiger partial charge in [-0.2, -0.15) is 0 Å². The summed E-state index contributed by atoms with van der Waals surface area (Å²) < 4.78 is 4.72. The highest BCUT2D eigenvalue weighted by Crippen LogP contribution is 2.21. The molecular weight excluding hydrogens is 351 g/mol. The van der Waals surface area contributed by atoms with Crippen molar-refractivity contribution in [3.05, 3.63) is 65.2 Å². The van der Waals surface area contributed by atoms with Gasteiger partial charge >= 0.3 is 5.97 Å². The Bertz CT molecular complexity index is 817. The van der Waals surface area contributed by atoms with Crippen LogP contribution in [0.2, 0.25) is 6.82 Å². The molecule has 0 saturated carbocycles. The van der Waals surface area contributed by atoms with Gasteiger partial charge in [-0.15, -0.1) is 0 Å². The third-order valence-electron chi connectivity index (χ3n) is 4.65. The second-order valence-electron chi connectivity index (χ2n) is 6.57. The van der Waals surface area contributed by atoms with Crippen LogP contribution in [0.4, 0.5) is 0 Å². The molecule has 145 valence electrons. The van der Waals surface area contributed by atoms with Gasteiger partial charge in [0, 0.05) is 5.56 Å². The number of rotatable bonds is 9. The van der Waals surface area contributed by atoms with Crippen LogP contribution in [-0.2, 0) is 9.53 Å². The molecule has 0 heterocycles. The molecular formula is C22H26BN2O3. The van der Waals surface area contributed by atoms with E-state index in [1.54, 1.807) is 24.3 Å². The maximum absolute atomic E-state index is 12.6. The molecule has 0 aromatic heterocycles. The zero-order valence-electron chi connectivity index (χ0n) is 16.6. The van der Waals surface area contributed by atoms with Crippen LogP contribution in [0.1, 0.15) is 53.7 Å². The molecule has 1 amide bonds. The summed E-state index contributed by atoms with van der Waals surface area (Å²) in [6.07, 6.45) is 2.70. The van der Waals surface area contributed by atoms with Crippen LogP contribution in [0.15, 0.2) is 48.5 Å². The fourth-order valence-corrected chi connectivity index (χ4v) is 2.90. The standard InChI is InChI=1S/C22H26BN2O3/c1-4-5-6-19(15-7-9-17(10-8-15)22(27)28-3)25-21(26)20(24)16-11-13-18(23-2)14-12-16/h7-14,19,24H,4-6H2,1-3H3,(H,25,26)/t19-/m1/s1. The second-order valence-corrected chi connectivity index (χ2v) is 6.57. The Balaban J connectivity index is 2.14. The Hall–Kier alpha value is -2.89. The lowest BCUT2D eigenvalue weighted by molar-refractivity contribution is -0.115. The van der Waals surface area contributed by atoms with Gasteiger partial charge in [0.15, 0.2) is 0 Å². The zero-order chi connectivity index (χ0) is 20.5. The quantitative estimate of drug-likeness (QED) is 0.400. The minimum Gasteiger partial charge on any atom is -0.465 e. The van der Waals surface area contributed by atoms with Crippen molar-refractivity contribution < 1.29 is 14.3 Å². The van der Waals surface area contributed by atoms with Crippen LogP contribution < -0.4 is 10.8 Å². The normalized spacial score (nSPS) is 11.4. The van der Waals surface area contributed by atoms with Crippen LogP contribution in [0.25, 0.3) is 0 Å². The van der Waals surface area contributed by atoms with E-state index in [0.29, 0.717) is 11.1 Å². The summed E-state index contributed by atoms with van der Waals surface area (Å²) >= 11 is 0.